The lowest BCUT2D eigenvalue weighted by Crippen LogP contribution is -2.24. The molecule has 2 aromatic rings. The van der Waals surface area contributed by atoms with E-state index in [4.69, 9.17) is 9.47 Å². The Morgan fingerprint density at radius 2 is 2.09 bits per heavy atom. The molecule has 0 saturated carbocycles. The number of rotatable bonds is 5. The Bertz CT molecular complexity index is 651. The van der Waals surface area contributed by atoms with Gasteiger partial charge in [-0.2, -0.15) is 5.10 Å². The number of nitrogens with one attached hydrogen (secondary N) is 1. The molecule has 5 nitrogen and oxygen atoms in total. The minimum atomic E-state index is 0.380. The molecular weight excluding hydrogens is 278 g/mol. The third-order valence-electron chi connectivity index (χ3n) is 4.38. The zero-order valence-electron chi connectivity index (χ0n) is 13.4. The number of aromatic nitrogens is 2. The van der Waals surface area contributed by atoms with Crippen molar-refractivity contribution >= 4 is 0 Å². The first-order valence-corrected chi connectivity index (χ1v) is 7.68. The van der Waals surface area contributed by atoms with Crippen LogP contribution in [0, 0.1) is 0 Å². The van der Waals surface area contributed by atoms with E-state index in [9.17, 15) is 0 Å². The molecule has 0 bridgehead atoms. The Labute approximate surface area is 131 Å². The number of aryl methyl sites for hydroxylation is 1. The molecule has 0 aliphatic heterocycles. The van der Waals surface area contributed by atoms with Gasteiger partial charge in [-0.05, 0) is 37.0 Å². The van der Waals surface area contributed by atoms with Gasteiger partial charge < -0.3 is 14.8 Å². The van der Waals surface area contributed by atoms with E-state index in [2.05, 4.69) is 16.5 Å². The molecule has 22 heavy (non-hydrogen) atoms. The molecule has 1 heterocycles. The van der Waals surface area contributed by atoms with Gasteiger partial charge in [0.2, 0.25) is 0 Å². The second kappa shape index (κ2) is 6.40. The van der Waals surface area contributed by atoms with Crippen LogP contribution in [0.4, 0.5) is 0 Å². The number of hydrogen-bond donors (Lipinski definition) is 1. The van der Waals surface area contributed by atoms with Crippen molar-refractivity contribution in [3.8, 4) is 11.5 Å². The Morgan fingerprint density at radius 3 is 2.86 bits per heavy atom. The minimum Gasteiger partial charge on any atom is -0.493 e. The van der Waals surface area contributed by atoms with Crippen LogP contribution in [0.25, 0.3) is 0 Å². The molecule has 1 aromatic heterocycles. The summed E-state index contributed by atoms with van der Waals surface area (Å²) in [6.45, 7) is 0.805. The van der Waals surface area contributed by atoms with Crippen molar-refractivity contribution < 1.29 is 9.47 Å². The zero-order valence-corrected chi connectivity index (χ0v) is 13.4. The highest BCUT2D eigenvalue weighted by atomic mass is 16.5. The third-order valence-corrected chi connectivity index (χ3v) is 4.38. The van der Waals surface area contributed by atoms with Gasteiger partial charge in [0.1, 0.15) is 0 Å². The molecule has 1 unspecified atom stereocenters. The highest BCUT2D eigenvalue weighted by Gasteiger charge is 2.22. The lowest BCUT2D eigenvalue weighted by Gasteiger charge is -2.24. The van der Waals surface area contributed by atoms with Crippen LogP contribution in [0.3, 0.4) is 0 Å². The highest BCUT2D eigenvalue weighted by Crippen LogP contribution is 2.31. The van der Waals surface area contributed by atoms with Gasteiger partial charge in [-0.3, -0.25) is 4.68 Å². The van der Waals surface area contributed by atoms with Gasteiger partial charge >= 0.3 is 0 Å². The van der Waals surface area contributed by atoms with Gasteiger partial charge in [-0.1, -0.05) is 6.07 Å². The van der Waals surface area contributed by atoms with Crippen LogP contribution in [0.5, 0.6) is 11.5 Å². The normalized spacial score (nSPS) is 17.1. The maximum atomic E-state index is 5.36. The molecule has 0 saturated heterocycles. The molecule has 0 amide bonds. The number of benzene rings is 1. The molecule has 1 atom stereocenters. The second-order valence-electron chi connectivity index (χ2n) is 5.69. The molecule has 1 aromatic carbocycles. The largest absolute Gasteiger partial charge is 0.493 e. The first kappa shape index (κ1) is 14.9. The SMILES string of the molecule is COc1ccc(CNC2CCCc3c2cnn3C)cc1OC. The van der Waals surface area contributed by atoms with Gasteiger partial charge in [-0.15, -0.1) is 0 Å². The average Bonchev–Trinajstić information content (AvgIpc) is 2.94. The summed E-state index contributed by atoms with van der Waals surface area (Å²) in [4.78, 5) is 0. The minimum absolute atomic E-state index is 0.380. The van der Waals surface area contributed by atoms with Crippen LogP contribution in [0.2, 0.25) is 0 Å². The van der Waals surface area contributed by atoms with Gasteiger partial charge in [0, 0.05) is 30.9 Å². The lowest BCUT2D eigenvalue weighted by atomic mass is 9.93. The fourth-order valence-corrected chi connectivity index (χ4v) is 3.15. The molecule has 0 fully saturated rings. The summed E-state index contributed by atoms with van der Waals surface area (Å²) >= 11 is 0. The van der Waals surface area contributed by atoms with Crippen molar-refractivity contribution in [1.29, 1.82) is 0 Å². The van der Waals surface area contributed by atoms with E-state index < -0.39 is 0 Å². The summed E-state index contributed by atoms with van der Waals surface area (Å²) in [5.74, 6) is 1.53. The van der Waals surface area contributed by atoms with E-state index in [0.717, 1.165) is 30.9 Å². The Morgan fingerprint density at radius 1 is 1.27 bits per heavy atom. The topological polar surface area (TPSA) is 48.3 Å². The van der Waals surface area contributed by atoms with E-state index in [1.54, 1.807) is 14.2 Å². The van der Waals surface area contributed by atoms with E-state index in [-0.39, 0.29) is 0 Å². The van der Waals surface area contributed by atoms with Crippen molar-refractivity contribution in [2.24, 2.45) is 7.05 Å². The molecule has 118 valence electrons. The van der Waals surface area contributed by atoms with Crippen molar-refractivity contribution in [2.45, 2.75) is 31.8 Å². The lowest BCUT2D eigenvalue weighted by molar-refractivity contribution is 0.354. The first-order chi connectivity index (χ1) is 10.7. The molecule has 1 aliphatic rings. The third kappa shape index (κ3) is 2.81. The van der Waals surface area contributed by atoms with Gasteiger partial charge in [-0.25, -0.2) is 0 Å². The molecule has 0 spiro atoms. The van der Waals surface area contributed by atoms with Crippen molar-refractivity contribution in [3.05, 3.63) is 41.2 Å². The molecule has 3 rings (SSSR count). The van der Waals surface area contributed by atoms with Crippen molar-refractivity contribution in [3.63, 3.8) is 0 Å². The predicted octanol–water partition coefficient (Wildman–Crippen LogP) is 2.60. The van der Waals surface area contributed by atoms with Crippen LogP contribution >= 0.6 is 0 Å². The number of fused-ring (bicyclic) bond motifs is 1. The van der Waals surface area contributed by atoms with E-state index >= 15 is 0 Å². The van der Waals surface area contributed by atoms with Crippen LogP contribution in [-0.4, -0.2) is 24.0 Å². The fourth-order valence-electron chi connectivity index (χ4n) is 3.15. The van der Waals surface area contributed by atoms with Gasteiger partial charge in [0.05, 0.1) is 20.4 Å². The summed E-state index contributed by atoms with van der Waals surface area (Å²) in [7, 11) is 5.34. The maximum Gasteiger partial charge on any atom is 0.161 e. The van der Waals surface area contributed by atoms with Gasteiger partial charge in [0.15, 0.2) is 11.5 Å². The monoisotopic (exact) mass is 301 g/mol. The zero-order chi connectivity index (χ0) is 15.5. The Balaban J connectivity index is 1.71. The summed E-state index contributed by atoms with van der Waals surface area (Å²) in [5.41, 5.74) is 3.89. The fraction of sp³-hybridized carbons (Fsp3) is 0.471. The van der Waals surface area contributed by atoms with Crippen molar-refractivity contribution in [1.82, 2.24) is 15.1 Å². The van der Waals surface area contributed by atoms with Gasteiger partial charge in [0.25, 0.3) is 0 Å². The standard InChI is InChI=1S/C17H23N3O2/c1-20-15-6-4-5-14(13(15)11-19-20)18-10-12-7-8-16(21-2)17(9-12)22-3/h7-9,11,14,18H,4-6,10H2,1-3H3. The van der Waals surface area contributed by atoms with Crippen LogP contribution < -0.4 is 14.8 Å². The second-order valence-corrected chi connectivity index (χ2v) is 5.69. The number of nitrogens with zero attached hydrogens (tertiary/aromatic N) is 2. The Kier molecular flexibility index (Phi) is 4.34. The molecule has 1 N–H and O–H groups in total. The van der Waals surface area contributed by atoms with E-state index in [1.807, 2.05) is 30.1 Å². The molecule has 1 aliphatic carbocycles. The highest BCUT2D eigenvalue weighted by molar-refractivity contribution is 5.42. The van der Waals surface area contributed by atoms with Crippen molar-refractivity contribution in [2.75, 3.05) is 14.2 Å². The quantitative estimate of drug-likeness (QED) is 0.922. The number of hydrogen-bond acceptors (Lipinski definition) is 4. The van der Waals surface area contributed by atoms with Crippen LogP contribution in [-0.2, 0) is 20.0 Å². The Hall–Kier alpha value is -2.01. The first-order valence-electron chi connectivity index (χ1n) is 7.68. The molecular formula is C17H23N3O2. The van der Waals surface area contributed by atoms with Crippen LogP contribution in [0.1, 0.15) is 35.7 Å². The maximum absolute atomic E-state index is 5.36. The smallest absolute Gasteiger partial charge is 0.161 e. The summed E-state index contributed by atoms with van der Waals surface area (Å²) < 4.78 is 12.6. The van der Waals surface area contributed by atoms with E-state index in [1.165, 1.54) is 23.2 Å². The summed E-state index contributed by atoms with van der Waals surface area (Å²) in [6.07, 6.45) is 5.49. The van der Waals surface area contributed by atoms with E-state index in [0.29, 0.717) is 6.04 Å². The summed E-state index contributed by atoms with van der Waals surface area (Å²) in [5, 5.41) is 8.04. The average molecular weight is 301 g/mol. The molecule has 0 radical (unpaired) electrons. The molecule has 5 heteroatoms. The summed E-state index contributed by atoms with van der Waals surface area (Å²) in [6, 6.07) is 6.43. The van der Waals surface area contributed by atoms with Crippen LogP contribution in [0.15, 0.2) is 24.4 Å². The number of methoxy groups -OCH3 is 2. The number of ether oxygens (including phenoxy) is 2. The predicted molar refractivity (Wildman–Crippen MR) is 85.3 cm³/mol.